The molecule has 2 rings (SSSR count). The Balaban J connectivity index is 1.72. The lowest BCUT2D eigenvalue weighted by Crippen LogP contribution is -2.23. The van der Waals surface area contributed by atoms with Crippen LogP contribution in [-0.2, 0) is 22.5 Å². The highest BCUT2D eigenvalue weighted by Gasteiger charge is 2.22. The minimum Gasteiger partial charge on any atom is -0.469 e. The third-order valence-electron chi connectivity index (χ3n) is 4.01. The van der Waals surface area contributed by atoms with Crippen LogP contribution in [0.25, 0.3) is 0 Å². The highest BCUT2D eigenvalue weighted by atomic mass is 32.1. The summed E-state index contributed by atoms with van der Waals surface area (Å²) in [5.41, 5.74) is 0. The second-order valence-electron chi connectivity index (χ2n) is 5.42. The Morgan fingerprint density at radius 2 is 2.21 bits per heavy atom. The molecule has 1 aliphatic carbocycles. The molecule has 0 aliphatic heterocycles. The molecule has 106 valence electrons. The molecule has 0 radical (unpaired) electrons. The second kappa shape index (κ2) is 7.06. The molecule has 2 unspecified atom stereocenters. The maximum absolute atomic E-state index is 11.2. The summed E-state index contributed by atoms with van der Waals surface area (Å²) in [4.78, 5) is 13.6. The van der Waals surface area contributed by atoms with Crippen molar-refractivity contribution in [2.24, 2.45) is 11.8 Å². The maximum Gasteiger partial charge on any atom is 0.310 e. The van der Waals surface area contributed by atoms with Gasteiger partial charge in [-0.25, -0.2) is 0 Å². The Bertz CT molecular complexity index is 416. The fourth-order valence-corrected chi connectivity index (χ4v) is 3.71. The van der Waals surface area contributed by atoms with Crippen LogP contribution in [0.15, 0.2) is 12.1 Å². The van der Waals surface area contributed by atoms with Crippen molar-refractivity contribution in [3.63, 3.8) is 0 Å². The molecule has 0 bridgehead atoms. The zero-order chi connectivity index (χ0) is 13.7. The Kier molecular flexibility index (Phi) is 5.40. The number of carbonyl (C=O) groups excluding carboxylic acids is 1. The van der Waals surface area contributed by atoms with Gasteiger partial charge in [0.15, 0.2) is 0 Å². The van der Waals surface area contributed by atoms with Crippen molar-refractivity contribution in [2.75, 3.05) is 13.7 Å². The van der Waals surface area contributed by atoms with Gasteiger partial charge in [-0.05, 0) is 36.9 Å². The van der Waals surface area contributed by atoms with E-state index in [1.807, 2.05) is 6.07 Å². The van der Waals surface area contributed by atoms with Crippen molar-refractivity contribution in [3.05, 3.63) is 21.9 Å². The van der Waals surface area contributed by atoms with E-state index in [1.54, 1.807) is 11.3 Å². The largest absolute Gasteiger partial charge is 0.469 e. The van der Waals surface area contributed by atoms with Gasteiger partial charge in [0.2, 0.25) is 0 Å². The van der Waals surface area contributed by atoms with Crippen molar-refractivity contribution in [1.29, 1.82) is 0 Å². The predicted molar refractivity (Wildman–Crippen MR) is 78.3 cm³/mol. The second-order valence-corrected chi connectivity index (χ2v) is 6.67. The summed E-state index contributed by atoms with van der Waals surface area (Å²) in [5.74, 6) is 1.54. The molecule has 0 saturated heterocycles. The summed E-state index contributed by atoms with van der Waals surface area (Å²) in [5, 5.41) is 3.55. The number of nitrogens with one attached hydrogen (secondary N) is 1. The Morgan fingerprint density at radius 3 is 2.89 bits per heavy atom. The molecular formula is C15H23NO2S. The average Bonchev–Trinajstić information content (AvgIpc) is 3.00. The van der Waals surface area contributed by atoms with Crippen LogP contribution in [0.1, 0.15) is 35.9 Å². The zero-order valence-electron chi connectivity index (χ0n) is 11.8. The number of carbonyl (C=O) groups is 1. The van der Waals surface area contributed by atoms with Gasteiger partial charge in [0.1, 0.15) is 0 Å². The van der Waals surface area contributed by atoms with Gasteiger partial charge in [-0.3, -0.25) is 4.79 Å². The van der Waals surface area contributed by atoms with Crippen molar-refractivity contribution in [1.82, 2.24) is 5.32 Å². The number of hydrogen-bond donors (Lipinski definition) is 1. The zero-order valence-corrected chi connectivity index (χ0v) is 12.6. The molecular weight excluding hydrogens is 258 g/mol. The molecule has 1 fully saturated rings. The molecule has 1 aliphatic rings. The molecule has 1 aromatic rings. The number of thiophene rings is 1. The topological polar surface area (TPSA) is 38.3 Å². The van der Waals surface area contributed by atoms with Crippen molar-refractivity contribution >= 4 is 17.3 Å². The first-order valence-corrected chi connectivity index (χ1v) is 7.86. The average molecular weight is 281 g/mol. The molecule has 0 aromatic carbocycles. The summed E-state index contributed by atoms with van der Waals surface area (Å²) in [7, 11) is 1.43. The number of esters is 1. The Morgan fingerprint density at radius 1 is 1.42 bits per heavy atom. The third kappa shape index (κ3) is 4.32. The molecule has 1 aromatic heterocycles. The van der Waals surface area contributed by atoms with Gasteiger partial charge in [-0.15, -0.1) is 11.3 Å². The van der Waals surface area contributed by atoms with Crippen LogP contribution in [0.4, 0.5) is 0 Å². The lowest BCUT2D eigenvalue weighted by Gasteiger charge is -2.15. The van der Waals surface area contributed by atoms with Gasteiger partial charge in [-0.1, -0.05) is 19.8 Å². The van der Waals surface area contributed by atoms with Gasteiger partial charge >= 0.3 is 5.97 Å². The van der Waals surface area contributed by atoms with Gasteiger partial charge in [0, 0.05) is 16.3 Å². The van der Waals surface area contributed by atoms with E-state index in [-0.39, 0.29) is 5.97 Å². The standard InChI is InChI=1S/C15H23NO2S/c1-11-4-3-5-12(11)9-16-10-14-7-6-13(19-14)8-15(17)18-2/h6-7,11-12,16H,3-5,8-10H2,1-2H3. The monoisotopic (exact) mass is 281 g/mol. The minimum atomic E-state index is -0.166. The van der Waals surface area contributed by atoms with E-state index in [0.717, 1.165) is 29.8 Å². The van der Waals surface area contributed by atoms with Crippen LogP contribution in [0.2, 0.25) is 0 Å². The smallest absolute Gasteiger partial charge is 0.310 e. The summed E-state index contributed by atoms with van der Waals surface area (Å²) >= 11 is 1.70. The molecule has 1 heterocycles. The number of rotatable bonds is 6. The normalized spacial score (nSPS) is 22.6. The lowest BCUT2D eigenvalue weighted by molar-refractivity contribution is -0.139. The SMILES string of the molecule is COC(=O)Cc1ccc(CNCC2CCCC2C)s1. The number of ether oxygens (including phenoxy) is 1. The van der Waals surface area contributed by atoms with E-state index in [2.05, 4.69) is 23.0 Å². The van der Waals surface area contributed by atoms with Gasteiger partial charge in [0.05, 0.1) is 13.5 Å². The molecule has 0 amide bonds. The summed E-state index contributed by atoms with van der Waals surface area (Å²) in [6, 6.07) is 4.13. The molecule has 1 saturated carbocycles. The van der Waals surface area contributed by atoms with Crippen LogP contribution in [0.5, 0.6) is 0 Å². The van der Waals surface area contributed by atoms with Crippen LogP contribution < -0.4 is 5.32 Å². The third-order valence-corrected chi connectivity index (χ3v) is 5.09. The van der Waals surface area contributed by atoms with E-state index in [1.165, 1.54) is 31.2 Å². The van der Waals surface area contributed by atoms with Crippen molar-refractivity contribution in [3.8, 4) is 0 Å². The quantitative estimate of drug-likeness (QED) is 0.815. The predicted octanol–water partition coefficient (Wildman–Crippen LogP) is 2.99. The molecule has 4 heteroatoms. The van der Waals surface area contributed by atoms with E-state index in [0.29, 0.717) is 6.42 Å². The minimum absolute atomic E-state index is 0.166. The first kappa shape index (κ1) is 14.5. The van der Waals surface area contributed by atoms with Gasteiger partial charge < -0.3 is 10.1 Å². The highest BCUT2D eigenvalue weighted by molar-refractivity contribution is 7.12. The molecule has 1 N–H and O–H groups in total. The first-order chi connectivity index (χ1) is 9.19. The Labute approximate surface area is 119 Å². The Hall–Kier alpha value is -0.870. The lowest BCUT2D eigenvalue weighted by atomic mass is 9.98. The highest BCUT2D eigenvalue weighted by Crippen LogP contribution is 2.30. The number of hydrogen-bond acceptors (Lipinski definition) is 4. The van der Waals surface area contributed by atoms with E-state index < -0.39 is 0 Å². The van der Waals surface area contributed by atoms with Crippen LogP contribution in [0.3, 0.4) is 0 Å². The van der Waals surface area contributed by atoms with Crippen molar-refractivity contribution < 1.29 is 9.53 Å². The van der Waals surface area contributed by atoms with E-state index in [9.17, 15) is 4.79 Å². The maximum atomic E-state index is 11.2. The van der Waals surface area contributed by atoms with E-state index in [4.69, 9.17) is 0 Å². The van der Waals surface area contributed by atoms with Gasteiger partial charge in [0.25, 0.3) is 0 Å². The summed E-state index contributed by atoms with van der Waals surface area (Å²) in [6.07, 6.45) is 4.53. The van der Waals surface area contributed by atoms with Crippen LogP contribution >= 0.6 is 11.3 Å². The van der Waals surface area contributed by atoms with E-state index >= 15 is 0 Å². The fraction of sp³-hybridized carbons (Fsp3) is 0.667. The molecule has 3 nitrogen and oxygen atoms in total. The van der Waals surface area contributed by atoms with Crippen molar-refractivity contribution in [2.45, 2.75) is 39.2 Å². The van der Waals surface area contributed by atoms with Crippen LogP contribution in [0, 0.1) is 11.8 Å². The summed E-state index contributed by atoms with van der Waals surface area (Å²) in [6.45, 7) is 4.39. The fourth-order valence-electron chi connectivity index (χ4n) is 2.73. The summed E-state index contributed by atoms with van der Waals surface area (Å²) < 4.78 is 4.68. The molecule has 0 spiro atoms. The molecule has 2 atom stereocenters. The molecule has 19 heavy (non-hydrogen) atoms. The van der Waals surface area contributed by atoms with Crippen LogP contribution in [-0.4, -0.2) is 19.6 Å². The van der Waals surface area contributed by atoms with Gasteiger partial charge in [-0.2, -0.15) is 0 Å². The first-order valence-electron chi connectivity index (χ1n) is 7.04. The number of methoxy groups -OCH3 is 1.